The summed E-state index contributed by atoms with van der Waals surface area (Å²) < 4.78 is 0. The summed E-state index contributed by atoms with van der Waals surface area (Å²) in [5.41, 5.74) is 4.37. The average Bonchev–Trinajstić information content (AvgIpc) is 2.83. The predicted octanol–water partition coefficient (Wildman–Crippen LogP) is 2.64. The lowest BCUT2D eigenvalue weighted by molar-refractivity contribution is 0.0842. The van der Waals surface area contributed by atoms with Crippen molar-refractivity contribution in [1.82, 2.24) is 20.1 Å². The molecular formula is C26H35N5O2. The van der Waals surface area contributed by atoms with Gasteiger partial charge in [-0.1, -0.05) is 30.8 Å². The Bertz CT molecular complexity index is 971. The summed E-state index contributed by atoms with van der Waals surface area (Å²) in [7, 11) is 0. The SMILES string of the molecule is C=C(C)N1CCC(Nc2cc(C(=O)NC[C@H](O)CN3CCc4ccccc4C3)ccn2)CC1. The minimum absolute atomic E-state index is 0.194. The van der Waals surface area contributed by atoms with Gasteiger partial charge < -0.3 is 20.6 Å². The lowest BCUT2D eigenvalue weighted by Crippen LogP contribution is -2.42. The van der Waals surface area contributed by atoms with Crippen molar-refractivity contribution >= 4 is 11.7 Å². The first kappa shape index (κ1) is 23.3. The monoisotopic (exact) mass is 449 g/mol. The molecule has 33 heavy (non-hydrogen) atoms. The molecule has 1 atom stereocenters. The fraction of sp³-hybridized carbons (Fsp3) is 0.462. The molecule has 0 spiro atoms. The van der Waals surface area contributed by atoms with Crippen LogP contribution in [0, 0.1) is 0 Å². The predicted molar refractivity (Wildman–Crippen MR) is 131 cm³/mol. The average molecular weight is 450 g/mol. The molecule has 4 rings (SSSR count). The zero-order valence-electron chi connectivity index (χ0n) is 19.5. The number of hydrogen-bond acceptors (Lipinski definition) is 6. The van der Waals surface area contributed by atoms with Crippen molar-refractivity contribution in [3.8, 4) is 0 Å². The van der Waals surface area contributed by atoms with Gasteiger partial charge in [-0.15, -0.1) is 0 Å². The van der Waals surface area contributed by atoms with E-state index in [2.05, 4.69) is 56.3 Å². The molecule has 2 aromatic rings. The molecule has 1 fully saturated rings. The first-order valence-corrected chi connectivity index (χ1v) is 11.9. The number of carbonyl (C=O) groups is 1. The highest BCUT2D eigenvalue weighted by Gasteiger charge is 2.21. The van der Waals surface area contributed by atoms with Gasteiger partial charge >= 0.3 is 0 Å². The number of pyridine rings is 1. The molecule has 2 aliphatic heterocycles. The van der Waals surface area contributed by atoms with E-state index in [0.717, 1.165) is 51.1 Å². The molecule has 2 aliphatic rings. The molecule has 1 amide bonds. The van der Waals surface area contributed by atoms with E-state index in [0.29, 0.717) is 24.0 Å². The molecule has 0 bridgehead atoms. The van der Waals surface area contributed by atoms with Crippen LogP contribution in [-0.4, -0.2) is 70.7 Å². The normalized spacial score (nSPS) is 17.8. The Labute approximate surface area is 196 Å². The van der Waals surface area contributed by atoms with E-state index < -0.39 is 6.10 Å². The van der Waals surface area contributed by atoms with Crippen LogP contribution in [0.15, 0.2) is 54.9 Å². The van der Waals surface area contributed by atoms with Crippen LogP contribution in [0.2, 0.25) is 0 Å². The van der Waals surface area contributed by atoms with Gasteiger partial charge in [-0.3, -0.25) is 9.69 Å². The molecule has 3 N–H and O–H groups in total. The van der Waals surface area contributed by atoms with Crippen LogP contribution in [0.1, 0.15) is 41.3 Å². The molecule has 1 aromatic heterocycles. The Kier molecular flexibility index (Phi) is 7.62. The lowest BCUT2D eigenvalue weighted by Gasteiger charge is -2.34. The second-order valence-electron chi connectivity index (χ2n) is 9.19. The van der Waals surface area contributed by atoms with E-state index in [1.54, 1.807) is 18.3 Å². The topological polar surface area (TPSA) is 80.7 Å². The number of rotatable bonds is 8. The number of β-amino-alcohol motifs (C(OH)–C–C–N with tert-alkyl or cyclic N) is 1. The number of anilines is 1. The number of aromatic nitrogens is 1. The van der Waals surface area contributed by atoms with Gasteiger partial charge in [-0.2, -0.15) is 0 Å². The molecule has 0 unspecified atom stereocenters. The fourth-order valence-corrected chi connectivity index (χ4v) is 4.65. The van der Waals surface area contributed by atoms with Crippen molar-refractivity contribution in [3.63, 3.8) is 0 Å². The molecule has 176 valence electrons. The van der Waals surface area contributed by atoms with E-state index in [1.165, 1.54) is 11.1 Å². The molecule has 0 saturated carbocycles. The summed E-state index contributed by atoms with van der Waals surface area (Å²) in [6.07, 6.45) is 4.06. The number of fused-ring (bicyclic) bond motifs is 1. The molecule has 3 heterocycles. The first-order chi connectivity index (χ1) is 16.0. The quantitative estimate of drug-likeness (QED) is 0.575. The van der Waals surface area contributed by atoms with Crippen LogP contribution in [0.4, 0.5) is 5.82 Å². The third kappa shape index (κ3) is 6.33. The summed E-state index contributed by atoms with van der Waals surface area (Å²) in [4.78, 5) is 21.6. The molecule has 1 saturated heterocycles. The molecule has 7 heteroatoms. The summed E-state index contributed by atoms with van der Waals surface area (Å²) in [5.74, 6) is 0.518. The molecule has 7 nitrogen and oxygen atoms in total. The van der Waals surface area contributed by atoms with Crippen molar-refractivity contribution in [1.29, 1.82) is 0 Å². The number of benzene rings is 1. The Balaban J connectivity index is 1.23. The van der Waals surface area contributed by atoms with Crippen LogP contribution >= 0.6 is 0 Å². The lowest BCUT2D eigenvalue weighted by atomic mass is 10.00. The van der Waals surface area contributed by atoms with Crippen LogP contribution in [0.5, 0.6) is 0 Å². The number of piperidine rings is 1. The van der Waals surface area contributed by atoms with E-state index >= 15 is 0 Å². The number of hydrogen-bond donors (Lipinski definition) is 3. The largest absolute Gasteiger partial charge is 0.390 e. The van der Waals surface area contributed by atoms with E-state index in [9.17, 15) is 9.90 Å². The van der Waals surface area contributed by atoms with E-state index in [-0.39, 0.29) is 12.5 Å². The number of aliphatic hydroxyl groups is 1. The van der Waals surface area contributed by atoms with Crippen molar-refractivity contribution in [3.05, 3.63) is 71.6 Å². The second kappa shape index (κ2) is 10.8. The highest BCUT2D eigenvalue weighted by atomic mass is 16.3. The Morgan fingerprint density at radius 3 is 2.73 bits per heavy atom. The van der Waals surface area contributed by atoms with Crippen LogP contribution in [-0.2, 0) is 13.0 Å². The summed E-state index contributed by atoms with van der Waals surface area (Å²) >= 11 is 0. The smallest absolute Gasteiger partial charge is 0.251 e. The summed E-state index contributed by atoms with van der Waals surface area (Å²) in [6, 6.07) is 12.3. The third-order valence-electron chi connectivity index (χ3n) is 6.59. The van der Waals surface area contributed by atoms with Gasteiger partial charge in [0.25, 0.3) is 5.91 Å². The maximum atomic E-state index is 12.7. The minimum atomic E-state index is -0.614. The van der Waals surface area contributed by atoms with Crippen molar-refractivity contribution in [2.45, 2.75) is 44.9 Å². The number of nitrogens with zero attached hydrogens (tertiary/aromatic N) is 3. The van der Waals surface area contributed by atoms with Crippen LogP contribution in [0.25, 0.3) is 0 Å². The fourth-order valence-electron chi connectivity index (χ4n) is 4.65. The van der Waals surface area contributed by atoms with Gasteiger partial charge in [0.2, 0.25) is 0 Å². The molecular weight excluding hydrogens is 414 g/mol. The zero-order valence-corrected chi connectivity index (χ0v) is 19.5. The Hall–Kier alpha value is -2.90. The zero-order chi connectivity index (χ0) is 23.2. The van der Waals surface area contributed by atoms with Crippen LogP contribution < -0.4 is 10.6 Å². The van der Waals surface area contributed by atoms with Gasteiger partial charge in [-0.05, 0) is 49.4 Å². The van der Waals surface area contributed by atoms with Gasteiger partial charge in [0, 0.05) is 62.8 Å². The maximum Gasteiger partial charge on any atom is 0.251 e. The number of allylic oxidation sites excluding steroid dienone is 1. The van der Waals surface area contributed by atoms with Gasteiger partial charge in [-0.25, -0.2) is 4.98 Å². The minimum Gasteiger partial charge on any atom is -0.390 e. The van der Waals surface area contributed by atoms with Gasteiger partial charge in [0.05, 0.1) is 6.10 Å². The van der Waals surface area contributed by atoms with E-state index in [4.69, 9.17) is 0 Å². The third-order valence-corrected chi connectivity index (χ3v) is 6.59. The Morgan fingerprint density at radius 1 is 1.21 bits per heavy atom. The van der Waals surface area contributed by atoms with Gasteiger partial charge in [0.1, 0.15) is 5.82 Å². The number of nitrogens with one attached hydrogen (secondary N) is 2. The van der Waals surface area contributed by atoms with E-state index in [1.807, 2.05) is 6.92 Å². The maximum absolute atomic E-state index is 12.7. The van der Waals surface area contributed by atoms with Crippen molar-refractivity contribution in [2.75, 3.05) is 38.0 Å². The standard InChI is InChI=1S/C26H35N5O2/c1-19(2)31-13-9-23(10-14-31)29-25-15-21(7-11-27-25)26(33)28-16-24(32)18-30-12-8-20-5-3-4-6-22(20)17-30/h3-7,11,15,23-24,32H,1,8-10,12-14,16-18H2,2H3,(H,27,29)(H,28,33)/t24-/m0/s1. The van der Waals surface area contributed by atoms with Crippen LogP contribution in [0.3, 0.4) is 0 Å². The molecule has 0 aliphatic carbocycles. The van der Waals surface area contributed by atoms with Gasteiger partial charge in [0.15, 0.2) is 0 Å². The van der Waals surface area contributed by atoms with Crippen molar-refractivity contribution in [2.24, 2.45) is 0 Å². The summed E-state index contributed by atoms with van der Waals surface area (Å²) in [6.45, 7) is 10.5. The number of amides is 1. The number of carbonyl (C=O) groups excluding carboxylic acids is 1. The summed E-state index contributed by atoms with van der Waals surface area (Å²) in [5, 5.41) is 16.8. The molecule has 0 radical (unpaired) electrons. The second-order valence-corrected chi connectivity index (χ2v) is 9.19. The Morgan fingerprint density at radius 2 is 1.97 bits per heavy atom. The number of likely N-dealkylation sites (tertiary alicyclic amines) is 1. The highest BCUT2D eigenvalue weighted by Crippen LogP contribution is 2.19. The molecule has 1 aromatic carbocycles. The van der Waals surface area contributed by atoms with Crippen molar-refractivity contribution < 1.29 is 9.90 Å². The highest BCUT2D eigenvalue weighted by molar-refractivity contribution is 5.94. The number of aliphatic hydroxyl groups excluding tert-OH is 1. The first-order valence-electron chi connectivity index (χ1n) is 11.9.